The molecular weight excluding hydrogens is 320 g/mol. The maximum Gasteiger partial charge on any atom is 0.225 e. The van der Waals surface area contributed by atoms with Gasteiger partial charge in [0.2, 0.25) is 5.91 Å². The number of H-pyrrole nitrogens is 1. The number of aromatic nitrogens is 3. The Balaban J connectivity index is 1.43. The van der Waals surface area contributed by atoms with E-state index in [4.69, 9.17) is 9.47 Å². The van der Waals surface area contributed by atoms with Crippen LogP contribution >= 0.6 is 0 Å². The molecule has 2 atom stereocenters. The number of benzene rings is 1. The SMILES string of the molecule is Cc1nc([C@H]2CN(C(=O)C[C@H]3OCCc4ccccc43)CCO2)n[nH]1. The lowest BCUT2D eigenvalue weighted by atomic mass is 9.95. The van der Waals surface area contributed by atoms with E-state index in [-0.39, 0.29) is 18.1 Å². The van der Waals surface area contributed by atoms with Crippen molar-refractivity contribution in [1.82, 2.24) is 20.1 Å². The summed E-state index contributed by atoms with van der Waals surface area (Å²) in [6.45, 7) is 4.07. The van der Waals surface area contributed by atoms with E-state index in [2.05, 4.69) is 27.3 Å². The van der Waals surface area contributed by atoms with Gasteiger partial charge in [-0.05, 0) is 24.5 Å². The van der Waals surface area contributed by atoms with Gasteiger partial charge >= 0.3 is 0 Å². The van der Waals surface area contributed by atoms with Gasteiger partial charge in [-0.15, -0.1) is 0 Å². The van der Waals surface area contributed by atoms with Gasteiger partial charge in [-0.2, -0.15) is 5.10 Å². The Bertz CT molecular complexity index is 760. The molecule has 0 spiro atoms. The van der Waals surface area contributed by atoms with Crippen LogP contribution in [0.3, 0.4) is 0 Å². The zero-order valence-corrected chi connectivity index (χ0v) is 14.3. The predicted octanol–water partition coefficient (Wildman–Crippen LogP) is 1.72. The lowest BCUT2D eigenvalue weighted by molar-refractivity contribution is -0.142. The van der Waals surface area contributed by atoms with Crippen LogP contribution in [0.25, 0.3) is 0 Å². The van der Waals surface area contributed by atoms with Crippen LogP contribution in [0.4, 0.5) is 0 Å². The van der Waals surface area contributed by atoms with Crippen molar-refractivity contribution >= 4 is 5.91 Å². The van der Waals surface area contributed by atoms with Gasteiger partial charge in [0.15, 0.2) is 5.82 Å². The zero-order valence-electron chi connectivity index (χ0n) is 14.3. The fourth-order valence-corrected chi connectivity index (χ4v) is 3.47. The molecule has 1 fully saturated rings. The monoisotopic (exact) mass is 342 g/mol. The number of amides is 1. The molecule has 7 nitrogen and oxygen atoms in total. The smallest absolute Gasteiger partial charge is 0.225 e. The van der Waals surface area contributed by atoms with Gasteiger partial charge in [-0.3, -0.25) is 9.89 Å². The average Bonchev–Trinajstić information content (AvgIpc) is 3.09. The van der Waals surface area contributed by atoms with Crippen molar-refractivity contribution in [3.8, 4) is 0 Å². The molecule has 1 aromatic carbocycles. The molecule has 0 unspecified atom stereocenters. The van der Waals surface area contributed by atoms with Gasteiger partial charge in [0, 0.05) is 6.54 Å². The first-order chi connectivity index (χ1) is 12.2. The van der Waals surface area contributed by atoms with Gasteiger partial charge in [0.1, 0.15) is 11.9 Å². The number of fused-ring (bicyclic) bond motifs is 1. The Morgan fingerprint density at radius 3 is 3.04 bits per heavy atom. The Labute approximate surface area is 146 Å². The van der Waals surface area contributed by atoms with Crippen molar-refractivity contribution in [3.63, 3.8) is 0 Å². The van der Waals surface area contributed by atoms with E-state index < -0.39 is 0 Å². The van der Waals surface area contributed by atoms with Crippen molar-refractivity contribution in [2.24, 2.45) is 0 Å². The third kappa shape index (κ3) is 3.43. The third-order valence-electron chi connectivity index (χ3n) is 4.77. The van der Waals surface area contributed by atoms with E-state index in [0.717, 1.165) is 17.8 Å². The number of rotatable bonds is 3. The highest BCUT2D eigenvalue weighted by molar-refractivity contribution is 5.77. The van der Waals surface area contributed by atoms with Crippen LogP contribution in [0, 0.1) is 6.92 Å². The molecule has 0 aliphatic carbocycles. The van der Waals surface area contributed by atoms with Crippen LogP contribution in [0.15, 0.2) is 24.3 Å². The summed E-state index contributed by atoms with van der Waals surface area (Å²) in [7, 11) is 0. The molecule has 1 aromatic heterocycles. The second-order valence-corrected chi connectivity index (χ2v) is 6.49. The number of carbonyl (C=O) groups is 1. The number of nitrogens with zero attached hydrogens (tertiary/aromatic N) is 3. The highest BCUT2D eigenvalue weighted by atomic mass is 16.5. The standard InChI is InChI=1S/C18H22N4O3/c1-12-19-18(21-20-12)16-11-22(7-9-25-16)17(23)10-15-14-5-3-2-4-13(14)6-8-24-15/h2-5,15-16H,6-11H2,1H3,(H,19,20,21)/t15-,16-/m1/s1. The highest BCUT2D eigenvalue weighted by Crippen LogP contribution is 2.30. The number of ether oxygens (including phenoxy) is 2. The van der Waals surface area contributed by atoms with Crippen LogP contribution in [-0.2, 0) is 20.7 Å². The lowest BCUT2D eigenvalue weighted by Gasteiger charge is -2.33. The maximum absolute atomic E-state index is 12.8. The number of aromatic amines is 1. The molecule has 3 heterocycles. The van der Waals surface area contributed by atoms with Gasteiger partial charge < -0.3 is 14.4 Å². The molecule has 0 saturated carbocycles. The van der Waals surface area contributed by atoms with Crippen LogP contribution in [0.1, 0.15) is 41.4 Å². The van der Waals surface area contributed by atoms with Gasteiger partial charge in [-0.1, -0.05) is 24.3 Å². The molecule has 1 N–H and O–H groups in total. The molecule has 4 rings (SSSR count). The van der Waals surface area contributed by atoms with Crippen LogP contribution in [0.5, 0.6) is 0 Å². The molecule has 2 aliphatic rings. The van der Waals surface area contributed by atoms with E-state index in [9.17, 15) is 4.79 Å². The molecule has 25 heavy (non-hydrogen) atoms. The van der Waals surface area contributed by atoms with E-state index in [1.54, 1.807) is 0 Å². The van der Waals surface area contributed by atoms with Crippen molar-refractivity contribution in [2.75, 3.05) is 26.3 Å². The van der Waals surface area contributed by atoms with Gasteiger partial charge in [0.25, 0.3) is 0 Å². The summed E-state index contributed by atoms with van der Waals surface area (Å²) in [5.41, 5.74) is 2.42. The molecule has 2 aromatic rings. The number of aryl methyl sites for hydroxylation is 1. The summed E-state index contributed by atoms with van der Waals surface area (Å²) in [5, 5.41) is 6.98. The highest BCUT2D eigenvalue weighted by Gasteiger charge is 2.30. The normalized spacial score (nSPS) is 23.3. The first-order valence-corrected chi connectivity index (χ1v) is 8.68. The molecule has 0 bridgehead atoms. The number of morpholine rings is 1. The molecular formula is C18H22N4O3. The zero-order chi connectivity index (χ0) is 17.2. The number of carbonyl (C=O) groups excluding carboxylic acids is 1. The van der Waals surface area contributed by atoms with E-state index in [0.29, 0.717) is 38.5 Å². The number of hydrogen-bond donors (Lipinski definition) is 1. The minimum absolute atomic E-state index is 0.0854. The fraction of sp³-hybridized carbons (Fsp3) is 0.500. The van der Waals surface area contributed by atoms with E-state index >= 15 is 0 Å². The second-order valence-electron chi connectivity index (χ2n) is 6.49. The van der Waals surface area contributed by atoms with E-state index in [1.165, 1.54) is 5.56 Å². The summed E-state index contributed by atoms with van der Waals surface area (Å²) in [6.07, 6.45) is 0.827. The Morgan fingerprint density at radius 1 is 1.32 bits per heavy atom. The minimum Gasteiger partial charge on any atom is -0.373 e. The first-order valence-electron chi connectivity index (χ1n) is 8.68. The summed E-state index contributed by atoms with van der Waals surface area (Å²) in [4.78, 5) is 19.0. The largest absolute Gasteiger partial charge is 0.373 e. The summed E-state index contributed by atoms with van der Waals surface area (Å²) < 4.78 is 11.6. The van der Waals surface area contributed by atoms with Crippen molar-refractivity contribution in [2.45, 2.75) is 32.0 Å². The predicted molar refractivity (Wildman–Crippen MR) is 89.8 cm³/mol. The summed E-state index contributed by atoms with van der Waals surface area (Å²) in [6, 6.07) is 8.21. The van der Waals surface area contributed by atoms with Crippen molar-refractivity contribution in [3.05, 3.63) is 47.0 Å². The molecule has 132 valence electrons. The van der Waals surface area contributed by atoms with Crippen molar-refractivity contribution in [1.29, 1.82) is 0 Å². The summed E-state index contributed by atoms with van der Waals surface area (Å²) >= 11 is 0. The van der Waals surface area contributed by atoms with Gasteiger partial charge in [-0.25, -0.2) is 4.98 Å². The molecule has 1 saturated heterocycles. The lowest BCUT2D eigenvalue weighted by Crippen LogP contribution is -2.43. The number of nitrogens with one attached hydrogen (secondary N) is 1. The average molecular weight is 342 g/mol. The Kier molecular flexibility index (Phi) is 4.50. The maximum atomic E-state index is 12.8. The van der Waals surface area contributed by atoms with Crippen molar-refractivity contribution < 1.29 is 14.3 Å². The number of hydrogen-bond acceptors (Lipinski definition) is 5. The molecule has 2 aliphatic heterocycles. The van der Waals surface area contributed by atoms with E-state index in [1.807, 2.05) is 24.0 Å². The topological polar surface area (TPSA) is 80.3 Å². The minimum atomic E-state index is -0.276. The third-order valence-corrected chi connectivity index (χ3v) is 4.77. The molecule has 1 amide bonds. The quantitative estimate of drug-likeness (QED) is 0.919. The van der Waals surface area contributed by atoms with Gasteiger partial charge in [0.05, 0.1) is 32.3 Å². The first kappa shape index (κ1) is 16.2. The van der Waals surface area contributed by atoms with Crippen LogP contribution in [0.2, 0.25) is 0 Å². The molecule has 0 radical (unpaired) electrons. The Hall–Kier alpha value is -2.25. The van der Waals surface area contributed by atoms with Crippen LogP contribution in [-0.4, -0.2) is 52.3 Å². The molecule has 7 heteroatoms. The van der Waals surface area contributed by atoms with Crippen LogP contribution < -0.4 is 0 Å². The Morgan fingerprint density at radius 2 is 2.20 bits per heavy atom. The second kappa shape index (κ2) is 6.93. The fourth-order valence-electron chi connectivity index (χ4n) is 3.47. The summed E-state index contributed by atoms with van der Waals surface area (Å²) in [5.74, 6) is 1.44.